The normalized spacial score (nSPS) is 14.4. The van der Waals surface area contributed by atoms with Crippen molar-refractivity contribution in [3.8, 4) is 0 Å². The molecule has 3 N–H and O–H groups in total. The average molecular weight is 290 g/mol. The van der Waals surface area contributed by atoms with Crippen LogP contribution in [-0.4, -0.2) is 29.2 Å². The Morgan fingerprint density at radius 1 is 1.25 bits per heavy atom. The molecule has 0 spiro atoms. The van der Waals surface area contributed by atoms with Gasteiger partial charge in [0.05, 0.1) is 12.6 Å². The summed E-state index contributed by atoms with van der Waals surface area (Å²) in [5.74, 6) is 0. The molecular weight excluding hydrogens is 268 g/mol. The van der Waals surface area contributed by atoms with Gasteiger partial charge in [0.1, 0.15) is 0 Å². The zero-order valence-corrected chi connectivity index (χ0v) is 12.6. The van der Waals surface area contributed by atoms with Crippen molar-refractivity contribution >= 4 is 11.3 Å². The lowest BCUT2D eigenvalue weighted by atomic mass is 10.0. The van der Waals surface area contributed by atoms with E-state index in [4.69, 9.17) is 5.73 Å². The first kappa shape index (κ1) is 15.2. The van der Waals surface area contributed by atoms with Gasteiger partial charge in [0.25, 0.3) is 0 Å². The molecule has 3 nitrogen and oxygen atoms in total. The van der Waals surface area contributed by atoms with Crippen molar-refractivity contribution < 1.29 is 5.11 Å². The Morgan fingerprint density at radius 2 is 2.00 bits per heavy atom. The van der Waals surface area contributed by atoms with Crippen LogP contribution in [-0.2, 0) is 6.54 Å². The molecular formula is C16H22N2OS. The minimum Gasteiger partial charge on any atom is -0.395 e. The van der Waals surface area contributed by atoms with Crippen molar-refractivity contribution in [2.45, 2.75) is 25.6 Å². The van der Waals surface area contributed by atoms with Crippen molar-refractivity contribution in [2.24, 2.45) is 5.73 Å². The summed E-state index contributed by atoms with van der Waals surface area (Å²) in [6.45, 7) is 3.58. The standard InChI is InChI=1S/C16H22N2OS/c1-13(17)16(15-7-10-20-12-15)18(8-9-19)11-14-5-3-2-4-6-14/h2-7,10,12-13,16,19H,8-9,11,17H2,1H3. The molecule has 0 saturated carbocycles. The summed E-state index contributed by atoms with van der Waals surface area (Å²) in [4.78, 5) is 2.25. The Kier molecular flexibility index (Phi) is 5.73. The second-order valence-electron chi connectivity index (χ2n) is 5.04. The molecule has 2 atom stereocenters. The number of hydrogen-bond donors (Lipinski definition) is 2. The van der Waals surface area contributed by atoms with Gasteiger partial charge in [0.2, 0.25) is 0 Å². The van der Waals surface area contributed by atoms with Crippen LogP contribution in [0.15, 0.2) is 47.2 Å². The van der Waals surface area contributed by atoms with Gasteiger partial charge in [-0.25, -0.2) is 0 Å². The lowest BCUT2D eigenvalue weighted by Gasteiger charge is -2.33. The molecule has 2 unspecified atom stereocenters. The van der Waals surface area contributed by atoms with Gasteiger partial charge in [-0.15, -0.1) is 0 Å². The van der Waals surface area contributed by atoms with E-state index in [0.717, 1.165) is 6.54 Å². The molecule has 0 aliphatic rings. The largest absolute Gasteiger partial charge is 0.395 e. The summed E-state index contributed by atoms with van der Waals surface area (Å²) in [5.41, 5.74) is 8.66. The molecule has 0 saturated heterocycles. The van der Waals surface area contributed by atoms with E-state index in [2.05, 4.69) is 33.9 Å². The lowest BCUT2D eigenvalue weighted by Crippen LogP contribution is -2.40. The smallest absolute Gasteiger partial charge is 0.0558 e. The fraction of sp³-hybridized carbons (Fsp3) is 0.375. The van der Waals surface area contributed by atoms with Crippen molar-refractivity contribution in [1.82, 2.24) is 4.90 Å². The number of benzene rings is 1. The summed E-state index contributed by atoms with van der Waals surface area (Å²) in [6, 6.07) is 12.6. The molecule has 0 radical (unpaired) electrons. The first-order valence-electron chi connectivity index (χ1n) is 6.89. The number of hydrogen-bond acceptors (Lipinski definition) is 4. The van der Waals surface area contributed by atoms with E-state index in [0.29, 0.717) is 6.54 Å². The van der Waals surface area contributed by atoms with Crippen LogP contribution < -0.4 is 5.73 Å². The van der Waals surface area contributed by atoms with E-state index in [9.17, 15) is 5.11 Å². The van der Waals surface area contributed by atoms with Crippen LogP contribution in [0.25, 0.3) is 0 Å². The zero-order valence-electron chi connectivity index (χ0n) is 11.8. The number of aliphatic hydroxyl groups is 1. The van der Waals surface area contributed by atoms with Gasteiger partial charge in [-0.05, 0) is 34.9 Å². The topological polar surface area (TPSA) is 49.5 Å². The predicted molar refractivity (Wildman–Crippen MR) is 84.6 cm³/mol. The minimum atomic E-state index is 0.0138. The van der Waals surface area contributed by atoms with Gasteiger partial charge in [-0.1, -0.05) is 30.3 Å². The van der Waals surface area contributed by atoms with Crippen molar-refractivity contribution in [3.63, 3.8) is 0 Å². The Morgan fingerprint density at radius 3 is 2.55 bits per heavy atom. The van der Waals surface area contributed by atoms with Gasteiger partial charge < -0.3 is 10.8 Å². The fourth-order valence-electron chi connectivity index (χ4n) is 2.55. The first-order valence-corrected chi connectivity index (χ1v) is 7.83. The fourth-order valence-corrected chi connectivity index (χ4v) is 3.24. The maximum Gasteiger partial charge on any atom is 0.0558 e. The molecule has 1 heterocycles. The summed E-state index contributed by atoms with van der Waals surface area (Å²) in [7, 11) is 0. The van der Waals surface area contributed by atoms with Gasteiger partial charge in [-0.2, -0.15) is 11.3 Å². The van der Waals surface area contributed by atoms with E-state index in [-0.39, 0.29) is 18.7 Å². The predicted octanol–water partition coefficient (Wildman–Crippen LogP) is 2.63. The van der Waals surface area contributed by atoms with Crippen LogP contribution in [0.1, 0.15) is 24.1 Å². The van der Waals surface area contributed by atoms with E-state index in [1.165, 1.54) is 11.1 Å². The zero-order chi connectivity index (χ0) is 14.4. The van der Waals surface area contributed by atoms with Gasteiger partial charge >= 0.3 is 0 Å². The van der Waals surface area contributed by atoms with Gasteiger partial charge in [-0.3, -0.25) is 4.90 Å². The SMILES string of the molecule is CC(N)C(c1ccsc1)N(CCO)Cc1ccccc1. The third-order valence-corrected chi connectivity index (χ3v) is 4.09. The summed E-state index contributed by atoms with van der Waals surface area (Å²) in [5, 5.41) is 13.6. The maximum absolute atomic E-state index is 9.36. The minimum absolute atomic E-state index is 0.0138. The summed E-state index contributed by atoms with van der Waals surface area (Å²) in [6.07, 6.45) is 0. The van der Waals surface area contributed by atoms with Gasteiger partial charge in [0.15, 0.2) is 0 Å². The van der Waals surface area contributed by atoms with Gasteiger partial charge in [0, 0.05) is 19.1 Å². The van der Waals surface area contributed by atoms with Crippen molar-refractivity contribution in [1.29, 1.82) is 0 Å². The van der Waals surface area contributed by atoms with Crippen molar-refractivity contribution in [3.05, 3.63) is 58.3 Å². The Labute approximate surface area is 124 Å². The van der Waals surface area contributed by atoms with E-state index in [1.807, 2.05) is 25.1 Å². The monoisotopic (exact) mass is 290 g/mol. The highest BCUT2D eigenvalue weighted by molar-refractivity contribution is 7.07. The van der Waals surface area contributed by atoms with E-state index in [1.54, 1.807) is 11.3 Å². The lowest BCUT2D eigenvalue weighted by molar-refractivity contribution is 0.130. The van der Waals surface area contributed by atoms with Crippen LogP contribution in [0, 0.1) is 0 Å². The molecule has 1 aromatic carbocycles. The number of nitrogens with zero attached hydrogens (tertiary/aromatic N) is 1. The third-order valence-electron chi connectivity index (χ3n) is 3.39. The number of thiophene rings is 1. The second kappa shape index (κ2) is 7.55. The number of rotatable bonds is 7. The Bertz CT molecular complexity index is 484. The highest BCUT2D eigenvalue weighted by atomic mass is 32.1. The number of nitrogens with two attached hydrogens (primary N) is 1. The number of aliphatic hydroxyl groups excluding tert-OH is 1. The molecule has 2 aromatic rings. The molecule has 0 amide bonds. The highest BCUT2D eigenvalue weighted by Gasteiger charge is 2.24. The van der Waals surface area contributed by atoms with Crippen LogP contribution in [0.2, 0.25) is 0 Å². The highest BCUT2D eigenvalue weighted by Crippen LogP contribution is 2.27. The van der Waals surface area contributed by atoms with Crippen molar-refractivity contribution in [2.75, 3.05) is 13.2 Å². The first-order chi connectivity index (χ1) is 9.72. The van der Waals surface area contributed by atoms with Crippen LogP contribution >= 0.6 is 11.3 Å². The molecule has 108 valence electrons. The molecule has 1 aromatic heterocycles. The molecule has 0 fully saturated rings. The quantitative estimate of drug-likeness (QED) is 0.824. The molecule has 2 rings (SSSR count). The van der Waals surface area contributed by atoms with Crippen LogP contribution in [0.5, 0.6) is 0 Å². The van der Waals surface area contributed by atoms with Crippen LogP contribution in [0.3, 0.4) is 0 Å². The third kappa shape index (κ3) is 3.90. The summed E-state index contributed by atoms with van der Waals surface area (Å²) >= 11 is 1.68. The van der Waals surface area contributed by atoms with E-state index < -0.39 is 0 Å². The Balaban J connectivity index is 2.21. The van der Waals surface area contributed by atoms with Crippen LogP contribution in [0.4, 0.5) is 0 Å². The Hall–Kier alpha value is -1.20. The maximum atomic E-state index is 9.36. The molecule has 0 aliphatic heterocycles. The van der Waals surface area contributed by atoms with E-state index >= 15 is 0 Å². The summed E-state index contributed by atoms with van der Waals surface area (Å²) < 4.78 is 0. The molecule has 0 bridgehead atoms. The average Bonchev–Trinajstić information content (AvgIpc) is 2.93. The second-order valence-corrected chi connectivity index (χ2v) is 5.82. The molecule has 4 heteroatoms. The molecule has 0 aliphatic carbocycles. The molecule has 20 heavy (non-hydrogen) atoms.